The van der Waals surface area contributed by atoms with E-state index in [4.69, 9.17) is 5.11 Å². The molecule has 0 aliphatic rings. The van der Waals surface area contributed by atoms with Crippen LogP contribution in [0.3, 0.4) is 0 Å². The topological polar surface area (TPSA) is 46.5 Å². The zero-order chi connectivity index (χ0) is 7.11. The molecule has 0 aromatic heterocycles. The van der Waals surface area contributed by atoms with Gasteiger partial charge in [-0.1, -0.05) is 19.8 Å². The monoisotopic (exact) mass is 204 g/mol. The molecule has 0 bridgehead atoms. The van der Waals surface area contributed by atoms with Crippen molar-refractivity contribution < 1.29 is 14.6 Å². The second-order valence-electron chi connectivity index (χ2n) is 1.82. The van der Waals surface area contributed by atoms with Crippen LogP contribution in [0.25, 0.3) is 0 Å². The van der Waals surface area contributed by atoms with Crippen molar-refractivity contribution >= 4 is 31.0 Å². The minimum atomic E-state index is -1.17. The smallest absolute Gasteiger partial charge is 0.450 e. The molecule has 70 valence electrons. The summed E-state index contributed by atoms with van der Waals surface area (Å²) in [6, 6.07) is 0. The van der Waals surface area contributed by atoms with Crippen LogP contribution in [-0.2, 0) is 4.74 Å². The lowest BCUT2D eigenvalue weighted by Gasteiger charge is -1.96. The summed E-state index contributed by atoms with van der Waals surface area (Å²) in [6.07, 6.45) is 1.78. The van der Waals surface area contributed by atoms with Crippen LogP contribution in [0.4, 0.5) is 4.79 Å². The Morgan fingerprint density at radius 2 is 1.91 bits per heavy atom. The molecule has 0 aliphatic heterocycles. The van der Waals surface area contributed by atoms with Crippen molar-refractivity contribution in [3.05, 3.63) is 0 Å². The minimum absolute atomic E-state index is 0. The second-order valence-corrected chi connectivity index (χ2v) is 1.82. The number of rotatable bonds is 4. The van der Waals surface area contributed by atoms with Gasteiger partial charge in [0.15, 0.2) is 0 Å². The highest BCUT2D eigenvalue weighted by atomic mass is 35.5. The van der Waals surface area contributed by atoms with Crippen LogP contribution in [0, 0.1) is 0 Å². The van der Waals surface area contributed by atoms with E-state index in [9.17, 15) is 4.79 Å². The fourth-order valence-corrected chi connectivity index (χ4v) is 0.512. The molecule has 0 spiro atoms. The van der Waals surface area contributed by atoms with E-state index in [1.54, 1.807) is 0 Å². The zero-order valence-electron chi connectivity index (χ0n) is 6.41. The lowest BCUT2D eigenvalue weighted by molar-refractivity contribution is 0.0901. The first-order chi connectivity index (χ1) is 4.27. The molecular weight excluding hydrogens is 191 g/mol. The van der Waals surface area contributed by atoms with E-state index in [0.29, 0.717) is 6.61 Å². The van der Waals surface area contributed by atoms with Crippen molar-refractivity contribution in [1.82, 2.24) is 0 Å². The second kappa shape index (κ2) is 12.5. The van der Waals surface area contributed by atoms with Crippen molar-refractivity contribution in [2.45, 2.75) is 26.2 Å². The largest absolute Gasteiger partial charge is 0.505 e. The number of unbranched alkanes of at least 4 members (excludes halogenated alkanes) is 2. The van der Waals surface area contributed by atoms with Crippen molar-refractivity contribution in [3.63, 3.8) is 0 Å². The first kappa shape index (κ1) is 17.1. The summed E-state index contributed by atoms with van der Waals surface area (Å²) in [5, 5.41) is 7.99. The number of hydrogen-bond donors (Lipinski definition) is 1. The van der Waals surface area contributed by atoms with E-state index in [2.05, 4.69) is 11.7 Å². The lowest BCUT2D eigenvalue weighted by atomic mass is 10.3. The van der Waals surface area contributed by atoms with Gasteiger partial charge in [-0.15, -0.1) is 24.8 Å². The average molecular weight is 205 g/mol. The Labute approximate surface area is 78.9 Å². The standard InChI is InChI=1S/C6H12O3.2ClH/c1-2-3-4-5-9-6(7)8;;/h2-5H2,1H3,(H,7,8);2*1H. The predicted octanol–water partition coefficient (Wildman–Crippen LogP) is 2.71. The molecule has 5 heteroatoms. The average Bonchev–Trinajstić information content (AvgIpc) is 1.80. The highest BCUT2D eigenvalue weighted by Crippen LogP contribution is 1.93. The van der Waals surface area contributed by atoms with Crippen LogP contribution in [-0.4, -0.2) is 17.9 Å². The lowest BCUT2D eigenvalue weighted by Crippen LogP contribution is -2.00. The van der Waals surface area contributed by atoms with Gasteiger partial charge in [0, 0.05) is 0 Å². The van der Waals surface area contributed by atoms with E-state index >= 15 is 0 Å². The molecule has 0 radical (unpaired) electrons. The molecule has 0 atom stereocenters. The SMILES string of the molecule is CCCCCOC(=O)O.Cl.Cl. The zero-order valence-corrected chi connectivity index (χ0v) is 8.04. The molecule has 0 aromatic carbocycles. The van der Waals surface area contributed by atoms with Crippen LogP contribution in [0.2, 0.25) is 0 Å². The van der Waals surface area contributed by atoms with Crippen LogP contribution in [0.15, 0.2) is 0 Å². The first-order valence-corrected chi connectivity index (χ1v) is 3.13. The third-order valence-corrected chi connectivity index (χ3v) is 0.973. The summed E-state index contributed by atoms with van der Waals surface area (Å²) in [4.78, 5) is 9.74. The Kier molecular flexibility index (Phi) is 19.4. The summed E-state index contributed by atoms with van der Waals surface area (Å²) in [7, 11) is 0. The third kappa shape index (κ3) is 17.7. The number of carbonyl (C=O) groups is 1. The highest BCUT2D eigenvalue weighted by Gasteiger charge is 1.92. The van der Waals surface area contributed by atoms with Gasteiger partial charge in [-0.3, -0.25) is 0 Å². The number of hydrogen-bond acceptors (Lipinski definition) is 2. The summed E-state index contributed by atoms with van der Waals surface area (Å²) < 4.78 is 4.26. The molecular formula is C6H14Cl2O3. The highest BCUT2D eigenvalue weighted by molar-refractivity contribution is 5.85. The fraction of sp³-hybridized carbons (Fsp3) is 0.833. The summed E-state index contributed by atoms with van der Waals surface area (Å²) in [6.45, 7) is 2.39. The summed E-state index contributed by atoms with van der Waals surface area (Å²) >= 11 is 0. The first-order valence-electron chi connectivity index (χ1n) is 3.13. The van der Waals surface area contributed by atoms with Crippen molar-refractivity contribution in [2.75, 3.05) is 6.61 Å². The molecule has 0 amide bonds. The maximum Gasteiger partial charge on any atom is 0.505 e. The van der Waals surface area contributed by atoms with Gasteiger partial charge < -0.3 is 9.84 Å². The Bertz CT molecular complexity index is 87.9. The number of halogens is 2. The summed E-state index contributed by atoms with van der Waals surface area (Å²) in [5.41, 5.74) is 0. The van der Waals surface area contributed by atoms with E-state index in [1.165, 1.54) is 0 Å². The van der Waals surface area contributed by atoms with Crippen LogP contribution < -0.4 is 0 Å². The quantitative estimate of drug-likeness (QED) is 0.566. The maximum atomic E-state index is 9.74. The third-order valence-electron chi connectivity index (χ3n) is 0.973. The molecule has 0 aromatic rings. The van der Waals surface area contributed by atoms with Gasteiger partial charge in [0.2, 0.25) is 0 Å². The Morgan fingerprint density at radius 3 is 2.27 bits per heavy atom. The van der Waals surface area contributed by atoms with Gasteiger partial charge in [-0.2, -0.15) is 0 Å². The molecule has 11 heavy (non-hydrogen) atoms. The Balaban J connectivity index is -0.000000320. The van der Waals surface area contributed by atoms with Gasteiger partial charge in [0.05, 0.1) is 6.61 Å². The fourth-order valence-electron chi connectivity index (χ4n) is 0.512. The molecule has 0 heterocycles. The molecule has 0 saturated carbocycles. The van der Waals surface area contributed by atoms with Gasteiger partial charge >= 0.3 is 6.16 Å². The predicted molar refractivity (Wildman–Crippen MR) is 48.0 cm³/mol. The van der Waals surface area contributed by atoms with Crippen molar-refractivity contribution in [3.8, 4) is 0 Å². The van der Waals surface area contributed by atoms with Crippen LogP contribution in [0.1, 0.15) is 26.2 Å². The molecule has 0 fully saturated rings. The van der Waals surface area contributed by atoms with Crippen molar-refractivity contribution in [2.24, 2.45) is 0 Å². The number of carboxylic acid groups (broad SMARTS) is 1. The number of ether oxygens (including phenoxy) is 1. The van der Waals surface area contributed by atoms with Gasteiger partial charge in [0.25, 0.3) is 0 Å². The normalized spacial score (nSPS) is 7.36. The van der Waals surface area contributed by atoms with Crippen LogP contribution in [0.5, 0.6) is 0 Å². The molecule has 0 unspecified atom stereocenters. The molecule has 0 rings (SSSR count). The van der Waals surface area contributed by atoms with E-state index < -0.39 is 6.16 Å². The summed E-state index contributed by atoms with van der Waals surface area (Å²) in [5.74, 6) is 0. The van der Waals surface area contributed by atoms with Gasteiger partial charge in [0.1, 0.15) is 0 Å². The van der Waals surface area contributed by atoms with Crippen molar-refractivity contribution in [1.29, 1.82) is 0 Å². The van der Waals surface area contributed by atoms with Crippen LogP contribution >= 0.6 is 24.8 Å². The van der Waals surface area contributed by atoms with E-state index in [1.807, 2.05) is 0 Å². The Hall–Kier alpha value is -0.150. The molecule has 3 nitrogen and oxygen atoms in total. The Morgan fingerprint density at radius 1 is 1.36 bits per heavy atom. The molecule has 0 saturated heterocycles. The van der Waals surface area contributed by atoms with Gasteiger partial charge in [-0.05, 0) is 6.42 Å². The van der Waals surface area contributed by atoms with Gasteiger partial charge in [-0.25, -0.2) is 4.79 Å². The van der Waals surface area contributed by atoms with E-state index in [0.717, 1.165) is 19.3 Å². The maximum absolute atomic E-state index is 9.74. The van der Waals surface area contributed by atoms with E-state index in [-0.39, 0.29) is 24.8 Å². The molecule has 0 aliphatic carbocycles. The minimum Gasteiger partial charge on any atom is -0.450 e. The molecule has 1 N–H and O–H groups in total.